The van der Waals surface area contributed by atoms with Gasteiger partial charge in [-0.1, -0.05) is 0 Å². The Balaban J connectivity index is 1.66. The van der Waals surface area contributed by atoms with Crippen LogP contribution in [0.5, 0.6) is 0 Å². The molecule has 7 heteroatoms. The first-order valence-corrected chi connectivity index (χ1v) is 7.30. The summed E-state index contributed by atoms with van der Waals surface area (Å²) in [4.78, 5) is 25.7. The van der Waals surface area contributed by atoms with E-state index < -0.39 is 0 Å². The van der Waals surface area contributed by atoms with E-state index in [1.807, 2.05) is 6.92 Å². The number of aromatic amines is 1. The molecule has 3 heterocycles. The minimum absolute atomic E-state index is 0.0762. The van der Waals surface area contributed by atoms with E-state index in [0.717, 1.165) is 12.0 Å². The molecule has 102 valence electrons. The second-order valence-electron chi connectivity index (χ2n) is 5.09. The van der Waals surface area contributed by atoms with Gasteiger partial charge in [0.1, 0.15) is 6.04 Å². The fourth-order valence-electron chi connectivity index (χ4n) is 2.70. The maximum Gasteiger partial charge on any atom is 0.243 e. The van der Waals surface area contributed by atoms with Crippen molar-refractivity contribution in [1.82, 2.24) is 20.4 Å². The highest BCUT2D eigenvalue weighted by molar-refractivity contribution is 8.01. The van der Waals surface area contributed by atoms with Crippen molar-refractivity contribution in [2.75, 3.05) is 5.75 Å². The number of H-pyrrole nitrogens is 1. The molecule has 0 aromatic carbocycles. The minimum atomic E-state index is -0.336. The van der Waals surface area contributed by atoms with Crippen LogP contribution in [0, 0.1) is 0 Å². The number of aromatic nitrogens is 2. The molecule has 6 nitrogen and oxygen atoms in total. The standard InChI is InChI=1S/C12H16N4O2S/c1-12-3-2-10(17)16(12)9(7-19-12)11(18)13-4-8-5-14-15-6-8/h5-6,9H,2-4,7H2,1H3,(H,13,18)(H,14,15). The van der Waals surface area contributed by atoms with Crippen LogP contribution in [-0.4, -0.2) is 43.6 Å². The predicted molar refractivity (Wildman–Crippen MR) is 71.2 cm³/mol. The average Bonchev–Trinajstić information content (AvgIpc) is 3.06. The van der Waals surface area contributed by atoms with E-state index in [4.69, 9.17) is 0 Å². The molecule has 0 spiro atoms. The van der Waals surface area contributed by atoms with Crippen LogP contribution >= 0.6 is 11.8 Å². The van der Waals surface area contributed by atoms with Crippen LogP contribution in [0.25, 0.3) is 0 Å². The molecule has 2 aliphatic rings. The lowest BCUT2D eigenvalue weighted by Crippen LogP contribution is -2.49. The number of hydrogen-bond acceptors (Lipinski definition) is 4. The molecule has 2 unspecified atom stereocenters. The van der Waals surface area contributed by atoms with Gasteiger partial charge < -0.3 is 10.2 Å². The summed E-state index contributed by atoms with van der Waals surface area (Å²) in [5.74, 6) is 0.697. The maximum absolute atomic E-state index is 12.2. The Hall–Kier alpha value is -1.50. The van der Waals surface area contributed by atoms with Crippen molar-refractivity contribution in [3.8, 4) is 0 Å². The van der Waals surface area contributed by atoms with Gasteiger partial charge in [0.25, 0.3) is 0 Å². The van der Waals surface area contributed by atoms with Crippen molar-refractivity contribution in [2.45, 2.75) is 37.2 Å². The molecule has 2 fully saturated rings. The van der Waals surface area contributed by atoms with Crippen molar-refractivity contribution in [1.29, 1.82) is 0 Å². The molecule has 0 radical (unpaired) electrons. The lowest BCUT2D eigenvalue weighted by molar-refractivity contribution is -0.138. The largest absolute Gasteiger partial charge is 0.350 e. The molecule has 19 heavy (non-hydrogen) atoms. The number of amides is 2. The van der Waals surface area contributed by atoms with E-state index in [0.29, 0.717) is 18.7 Å². The van der Waals surface area contributed by atoms with Gasteiger partial charge in [-0.15, -0.1) is 11.8 Å². The predicted octanol–water partition coefficient (Wildman–Crippen LogP) is 0.480. The SMILES string of the molecule is CC12CCC(=O)N1C(C(=O)NCc1cn[nH]c1)CS2. The first-order chi connectivity index (χ1) is 9.10. The van der Waals surface area contributed by atoms with E-state index >= 15 is 0 Å². The van der Waals surface area contributed by atoms with Crippen molar-refractivity contribution in [3.63, 3.8) is 0 Å². The Morgan fingerprint density at radius 2 is 2.58 bits per heavy atom. The van der Waals surface area contributed by atoms with Gasteiger partial charge in [0.2, 0.25) is 11.8 Å². The van der Waals surface area contributed by atoms with Crippen LogP contribution in [0.3, 0.4) is 0 Å². The van der Waals surface area contributed by atoms with Gasteiger partial charge in [0.15, 0.2) is 0 Å². The highest BCUT2D eigenvalue weighted by atomic mass is 32.2. The molecule has 3 rings (SSSR count). The molecule has 2 atom stereocenters. The zero-order valence-corrected chi connectivity index (χ0v) is 11.5. The molecule has 2 N–H and O–H groups in total. The number of hydrogen-bond donors (Lipinski definition) is 2. The van der Waals surface area contributed by atoms with Crippen molar-refractivity contribution in [2.24, 2.45) is 0 Å². The van der Waals surface area contributed by atoms with Crippen LogP contribution in [0.1, 0.15) is 25.3 Å². The summed E-state index contributed by atoms with van der Waals surface area (Å²) in [7, 11) is 0. The number of nitrogens with zero attached hydrogens (tertiary/aromatic N) is 2. The second kappa shape index (κ2) is 4.56. The third-order valence-electron chi connectivity index (χ3n) is 3.77. The third-order valence-corrected chi connectivity index (χ3v) is 5.27. The summed E-state index contributed by atoms with van der Waals surface area (Å²) >= 11 is 1.70. The molecule has 0 bridgehead atoms. The smallest absolute Gasteiger partial charge is 0.243 e. The van der Waals surface area contributed by atoms with E-state index in [9.17, 15) is 9.59 Å². The van der Waals surface area contributed by atoms with Gasteiger partial charge in [-0.25, -0.2) is 0 Å². The van der Waals surface area contributed by atoms with Crippen LogP contribution in [0.4, 0.5) is 0 Å². The summed E-state index contributed by atoms with van der Waals surface area (Å²) in [6.45, 7) is 2.49. The summed E-state index contributed by atoms with van der Waals surface area (Å²) < 4.78 is 0. The molecule has 0 aliphatic carbocycles. The van der Waals surface area contributed by atoms with Crippen molar-refractivity contribution < 1.29 is 9.59 Å². The van der Waals surface area contributed by atoms with E-state index in [-0.39, 0.29) is 22.7 Å². The van der Waals surface area contributed by atoms with Gasteiger partial charge in [-0.3, -0.25) is 14.7 Å². The third kappa shape index (κ3) is 2.11. The summed E-state index contributed by atoms with van der Waals surface area (Å²) in [5, 5.41) is 9.40. The van der Waals surface area contributed by atoms with Gasteiger partial charge in [-0.05, 0) is 13.3 Å². The Morgan fingerprint density at radius 3 is 3.32 bits per heavy atom. The molecule has 1 aromatic rings. The van der Waals surface area contributed by atoms with Gasteiger partial charge in [-0.2, -0.15) is 5.10 Å². The fourth-order valence-corrected chi connectivity index (χ4v) is 4.13. The highest BCUT2D eigenvalue weighted by Gasteiger charge is 2.52. The highest BCUT2D eigenvalue weighted by Crippen LogP contribution is 2.47. The first-order valence-electron chi connectivity index (χ1n) is 6.32. The normalized spacial score (nSPS) is 29.6. The molecule has 1 aromatic heterocycles. The molecule has 2 saturated heterocycles. The molecule has 0 saturated carbocycles. The number of rotatable bonds is 3. The van der Waals surface area contributed by atoms with Crippen LogP contribution in [0.15, 0.2) is 12.4 Å². The van der Waals surface area contributed by atoms with Crippen molar-refractivity contribution in [3.05, 3.63) is 18.0 Å². The van der Waals surface area contributed by atoms with Crippen LogP contribution in [-0.2, 0) is 16.1 Å². The Morgan fingerprint density at radius 1 is 1.74 bits per heavy atom. The average molecular weight is 280 g/mol. The van der Waals surface area contributed by atoms with E-state index in [1.54, 1.807) is 29.1 Å². The topological polar surface area (TPSA) is 78.1 Å². The number of carbonyl (C=O) groups excluding carboxylic acids is 2. The quantitative estimate of drug-likeness (QED) is 0.844. The van der Waals surface area contributed by atoms with Crippen LogP contribution < -0.4 is 5.32 Å². The number of carbonyl (C=O) groups is 2. The van der Waals surface area contributed by atoms with E-state index in [1.165, 1.54) is 0 Å². The summed E-state index contributed by atoms with van der Waals surface area (Å²) in [6.07, 6.45) is 4.81. The summed E-state index contributed by atoms with van der Waals surface area (Å²) in [5.41, 5.74) is 0.925. The number of nitrogens with one attached hydrogen (secondary N) is 2. The van der Waals surface area contributed by atoms with Gasteiger partial charge >= 0.3 is 0 Å². The first kappa shape index (κ1) is 12.5. The zero-order chi connectivity index (χ0) is 13.5. The summed E-state index contributed by atoms with van der Waals surface area (Å²) in [6, 6.07) is -0.336. The number of thioether (sulfide) groups is 1. The Labute approximate surface area is 115 Å². The molecular formula is C12H16N4O2S. The fraction of sp³-hybridized carbons (Fsp3) is 0.583. The Bertz CT molecular complexity index is 504. The Kier molecular flexibility index (Phi) is 3.00. The molecule has 2 aliphatic heterocycles. The lowest BCUT2D eigenvalue weighted by Gasteiger charge is -2.29. The van der Waals surface area contributed by atoms with Crippen molar-refractivity contribution >= 4 is 23.6 Å². The van der Waals surface area contributed by atoms with Gasteiger partial charge in [0.05, 0.1) is 11.1 Å². The number of fused-ring (bicyclic) bond motifs is 1. The molecule has 2 amide bonds. The van der Waals surface area contributed by atoms with E-state index in [2.05, 4.69) is 15.5 Å². The van der Waals surface area contributed by atoms with Gasteiger partial charge in [0, 0.05) is 30.5 Å². The zero-order valence-electron chi connectivity index (χ0n) is 10.7. The molecular weight excluding hydrogens is 264 g/mol. The second-order valence-corrected chi connectivity index (χ2v) is 6.59. The lowest BCUT2D eigenvalue weighted by atomic mass is 10.2. The van der Waals surface area contributed by atoms with Crippen LogP contribution in [0.2, 0.25) is 0 Å². The minimum Gasteiger partial charge on any atom is -0.350 e. The monoisotopic (exact) mass is 280 g/mol. The maximum atomic E-state index is 12.2.